The van der Waals surface area contributed by atoms with E-state index in [0.29, 0.717) is 19.6 Å². The third kappa shape index (κ3) is 6.85. The second kappa shape index (κ2) is 6.02. The lowest BCUT2D eigenvalue weighted by molar-refractivity contribution is -0.138. The molecule has 1 fully saturated rings. The number of ether oxygens (including phenoxy) is 1. The molecule has 102 valence electrons. The van der Waals surface area contributed by atoms with E-state index in [0.717, 1.165) is 6.54 Å². The van der Waals surface area contributed by atoms with Gasteiger partial charge in [0.15, 0.2) is 0 Å². The van der Waals surface area contributed by atoms with Crippen LogP contribution in [-0.4, -0.2) is 42.7 Å². The van der Waals surface area contributed by atoms with Crippen LogP contribution in [0.3, 0.4) is 0 Å². The van der Waals surface area contributed by atoms with Gasteiger partial charge in [-0.1, -0.05) is 0 Å². The van der Waals surface area contributed by atoms with Crippen molar-refractivity contribution in [3.63, 3.8) is 0 Å². The second-order valence-corrected chi connectivity index (χ2v) is 4.90. The minimum Gasteiger partial charge on any atom is -0.390 e. The fourth-order valence-electron chi connectivity index (χ4n) is 2.05. The van der Waals surface area contributed by atoms with Crippen molar-refractivity contribution < 1.29 is 23.0 Å². The number of hydrogen-bond donors (Lipinski definition) is 2. The number of halogens is 3. The van der Waals surface area contributed by atoms with Gasteiger partial charge in [-0.25, -0.2) is 0 Å². The first kappa shape index (κ1) is 14.7. The maximum absolute atomic E-state index is 12.0. The van der Waals surface area contributed by atoms with E-state index in [-0.39, 0.29) is 18.9 Å². The third-order valence-electron chi connectivity index (χ3n) is 2.86. The average molecular weight is 255 g/mol. The highest BCUT2D eigenvalue weighted by molar-refractivity contribution is 4.82. The van der Waals surface area contributed by atoms with E-state index in [9.17, 15) is 18.3 Å². The molecule has 1 aliphatic heterocycles. The van der Waals surface area contributed by atoms with Gasteiger partial charge in [0.25, 0.3) is 0 Å². The Morgan fingerprint density at radius 3 is 2.59 bits per heavy atom. The summed E-state index contributed by atoms with van der Waals surface area (Å²) in [6.07, 6.45) is -4.43. The first-order valence-electron chi connectivity index (χ1n) is 5.89. The summed E-state index contributed by atoms with van der Waals surface area (Å²) in [7, 11) is 0. The highest BCUT2D eigenvalue weighted by Gasteiger charge is 2.30. The van der Waals surface area contributed by atoms with Crippen molar-refractivity contribution in [1.82, 2.24) is 5.32 Å². The molecule has 3 nitrogen and oxygen atoms in total. The quantitative estimate of drug-likeness (QED) is 0.787. The Kier molecular flexibility index (Phi) is 5.22. The van der Waals surface area contributed by atoms with Gasteiger partial charge < -0.3 is 15.2 Å². The molecule has 2 unspecified atom stereocenters. The maximum atomic E-state index is 12.0. The molecule has 1 aliphatic rings. The van der Waals surface area contributed by atoms with Gasteiger partial charge in [0, 0.05) is 19.0 Å². The van der Waals surface area contributed by atoms with Crippen LogP contribution in [0.2, 0.25) is 0 Å². The average Bonchev–Trinajstić information content (AvgIpc) is 2.15. The SMILES string of the molecule is CC(O)(CCCC(F)(F)F)CC1COCCN1. The van der Waals surface area contributed by atoms with Crippen LogP contribution in [0.1, 0.15) is 32.6 Å². The second-order valence-electron chi connectivity index (χ2n) is 4.90. The largest absolute Gasteiger partial charge is 0.390 e. The van der Waals surface area contributed by atoms with Crippen LogP contribution in [0, 0.1) is 0 Å². The number of hydrogen-bond acceptors (Lipinski definition) is 3. The lowest BCUT2D eigenvalue weighted by Crippen LogP contribution is -2.45. The fourth-order valence-corrected chi connectivity index (χ4v) is 2.05. The number of rotatable bonds is 5. The van der Waals surface area contributed by atoms with Crippen molar-refractivity contribution in [1.29, 1.82) is 0 Å². The van der Waals surface area contributed by atoms with Gasteiger partial charge >= 0.3 is 6.18 Å². The van der Waals surface area contributed by atoms with E-state index < -0.39 is 18.2 Å². The zero-order valence-corrected chi connectivity index (χ0v) is 10.0. The highest BCUT2D eigenvalue weighted by Crippen LogP contribution is 2.27. The minimum absolute atomic E-state index is 0.0321. The van der Waals surface area contributed by atoms with Crippen LogP contribution in [0.25, 0.3) is 0 Å². The maximum Gasteiger partial charge on any atom is 0.389 e. The molecule has 1 saturated heterocycles. The summed E-state index contributed by atoms with van der Waals surface area (Å²) >= 11 is 0. The lowest BCUT2D eigenvalue weighted by Gasteiger charge is -2.31. The summed E-state index contributed by atoms with van der Waals surface area (Å²) in [5, 5.41) is 13.2. The fraction of sp³-hybridized carbons (Fsp3) is 1.00. The number of alkyl halides is 3. The molecule has 17 heavy (non-hydrogen) atoms. The number of nitrogens with one attached hydrogen (secondary N) is 1. The summed E-state index contributed by atoms with van der Waals surface area (Å²) in [6, 6.07) is 0.0321. The van der Waals surface area contributed by atoms with Crippen LogP contribution in [0.4, 0.5) is 13.2 Å². The van der Waals surface area contributed by atoms with Crippen molar-refractivity contribution in [2.24, 2.45) is 0 Å². The predicted octanol–water partition coefficient (Wildman–Crippen LogP) is 1.85. The van der Waals surface area contributed by atoms with Gasteiger partial charge in [-0.3, -0.25) is 0 Å². The van der Waals surface area contributed by atoms with E-state index in [1.807, 2.05) is 0 Å². The van der Waals surface area contributed by atoms with Crippen molar-refractivity contribution in [3.05, 3.63) is 0 Å². The summed E-state index contributed by atoms with van der Waals surface area (Å²) in [5.41, 5.74) is -1.07. The van der Waals surface area contributed by atoms with E-state index in [2.05, 4.69) is 5.32 Å². The molecule has 0 spiro atoms. The Morgan fingerprint density at radius 1 is 1.35 bits per heavy atom. The first-order chi connectivity index (χ1) is 7.79. The van der Waals surface area contributed by atoms with Crippen molar-refractivity contribution in [3.8, 4) is 0 Å². The van der Waals surface area contributed by atoms with Crippen molar-refractivity contribution in [2.45, 2.75) is 50.4 Å². The molecular formula is C11H20F3NO2. The normalized spacial score (nSPS) is 25.6. The molecule has 0 aromatic rings. The minimum atomic E-state index is -4.14. The molecule has 1 rings (SSSR count). The Balaban J connectivity index is 2.24. The Bertz CT molecular complexity index is 225. The number of aliphatic hydroxyl groups is 1. The third-order valence-corrected chi connectivity index (χ3v) is 2.86. The van der Waals surface area contributed by atoms with Crippen molar-refractivity contribution >= 4 is 0 Å². The smallest absolute Gasteiger partial charge is 0.389 e. The standard InChI is InChI=1S/C11H20F3NO2/c1-10(16,3-2-4-11(12,13)14)7-9-8-17-6-5-15-9/h9,15-16H,2-8H2,1H3. The van der Waals surface area contributed by atoms with Gasteiger partial charge in [0.1, 0.15) is 0 Å². The van der Waals surface area contributed by atoms with E-state index in [1.54, 1.807) is 6.92 Å². The number of morpholine rings is 1. The topological polar surface area (TPSA) is 41.5 Å². The molecule has 0 amide bonds. The van der Waals surface area contributed by atoms with E-state index in [4.69, 9.17) is 4.74 Å². The molecule has 0 saturated carbocycles. The lowest BCUT2D eigenvalue weighted by atomic mass is 9.91. The summed E-state index contributed by atoms with van der Waals surface area (Å²) in [4.78, 5) is 0. The van der Waals surface area contributed by atoms with Gasteiger partial charge in [0.05, 0.1) is 18.8 Å². The van der Waals surface area contributed by atoms with Crippen molar-refractivity contribution in [2.75, 3.05) is 19.8 Å². The zero-order valence-electron chi connectivity index (χ0n) is 10.0. The van der Waals surface area contributed by atoms with Crippen LogP contribution in [0.15, 0.2) is 0 Å². The molecular weight excluding hydrogens is 235 g/mol. The van der Waals surface area contributed by atoms with Crippen LogP contribution < -0.4 is 5.32 Å². The first-order valence-corrected chi connectivity index (χ1v) is 5.89. The van der Waals surface area contributed by atoms with Gasteiger partial charge in [-0.15, -0.1) is 0 Å². The molecule has 0 aliphatic carbocycles. The van der Waals surface area contributed by atoms with Gasteiger partial charge in [-0.2, -0.15) is 13.2 Å². The Hall–Kier alpha value is -0.330. The summed E-state index contributed by atoms with van der Waals surface area (Å²) in [6.45, 7) is 3.46. The van der Waals surface area contributed by atoms with Crippen LogP contribution >= 0.6 is 0 Å². The molecule has 2 N–H and O–H groups in total. The van der Waals surface area contributed by atoms with E-state index >= 15 is 0 Å². The summed E-state index contributed by atoms with van der Waals surface area (Å²) < 4.78 is 41.2. The molecule has 0 aromatic heterocycles. The van der Waals surface area contributed by atoms with Crippen LogP contribution in [0.5, 0.6) is 0 Å². The molecule has 0 bridgehead atoms. The zero-order chi connectivity index (χ0) is 12.9. The molecule has 1 heterocycles. The van der Waals surface area contributed by atoms with Gasteiger partial charge in [0.2, 0.25) is 0 Å². The predicted molar refractivity (Wildman–Crippen MR) is 57.8 cm³/mol. The highest BCUT2D eigenvalue weighted by atomic mass is 19.4. The van der Waals surface area contributed by atoms with Crippen LogP contribution in [-0.2, 0) is 4.74 Å². The molecule has 0 aromatic carbocycles. The Morgan fingerprint density at radius 2 is 2.06 bits per heavy atom. The summed E-state index contributed by atoms with van der Waals surface area (Å²) in [5.74, 6) is 0. The molecule has 2 atom stereocenters. The Labute approximate surface area is 99.3 Å². The molecule has 0 radical (unpaired) electrons. The monoisotopic (exact) mass is 255 g/mol. The van der Waals surface area contributed by atoms with Gasteiger partial charge in [-0.05, 0) is 26.2 Å². The molecule has 6 heteroatoms. The van der Waals surface area contributed by atoms with E-state index in [1.165, 1.54) is 0 Å².